The molecule has 0 aromatic heterocycles. The highest BCUT2D eigenvalue weighted by Crippen LogP contribution is 2.25. The number of carbonyl (C=O) groups excluding carboxylic acids is 1. The molecule has 0 N–H and O–H groups in total. The van der Waals surface area contributed by atoms with E-state index in [0.29, 0.717) is 41.8 Å². The van der Waals surface area contributed by atoms with E-state index < -0.39 is 5.97 Å². The van der Waals surface area contributed by atoms with Gasteiger partial charge in [-0.25, -0.2) is 4.79 Å². The van der Waals surface area contributed by atoms with E-state index in [9.17, 15) is 4.79 Å². The lowest BCUT2D eigenvalue weighted by Crippen LogP contribution is -2.09. The number of hydrogen-bond acceptors (Lipinski definition) is 7. The molecule has 0 radical (unpaired) electrons. The number of esters is 1. The summed E-state index contributed by atoms with van der Waals surface area (Å²) in [5, 5.41) is 0. The third kappa shape index (κ3) is 9.39. The zero-order valence-electron chi connectivity index (χ0n) is 21.2. The number of ether oxygens (including phenoxy) is 4. The molecule has 7 heteroatoms. The van der Waals surface area contributed by atoms with Crippen molar-refractivity contribution >= 4 is 12.0 Å². The van der Waals surface area contributed by atoms with Gasteiger partial charge in [0.05, 0.1) is 18.8 Å². The Labute approximate surface area is 217 Å². The maximum absolute atomic E-state index is 12.4. The van der Waals surface area contributed by atoms with Crippen molar-refractivity contribution < 1.29 is 33.5 Å². The number of benzene rings is 3. The Morgan fingerprint density at radius 1 is 0.838 bits per heavy atom. The first kappa shape index (κ1) is 27.4. The Balaban J connectivity index is 1.38. The topological polar surface area (TPSA) is 72.5 Å². The Kier molecular flexibility index (Phi) is 10.6. The normalized spacial score (nSPS) is 10.3. The van der Waals surface area contributed by atoms with Gasteiger partial charge in [-0.15, -0.1) is 0 Å². The van der Waals surface area contributed by atoms with Gasteiger partial charge in [0.2, 0.25) is 6.79 Å². The van der Waals surface area contributed by atoms with E-state index in [2.05, 4.69) is 13.2 Å². The van der Waals surface area contributed by atoms with E-state index in [1.165, 1.54) is 0 Å². The third-order valence-electron chi connectivity index (χ3n) is 5.09. The van der Waals surface area contributed by atoms with Crippen LogP contribution in [0.4, 0.5) is 0 Å². The fourth-order valence-electron chi connectivity index (χ4n) is 3.16. The maximum atomic E-state index is 12.4. The number of hydrogen-bond donors (Lipinski definition) is 0. The Morgan fingerprint density at radius 3 is 2.14 bits per heavy atom. The predicted octanol–water partition coefficient (Wildman–Crippen LogP) is 6.91. The average molecular weight is 505 g/mol. The summed E-state index contributed by atoms with van der Waals surface area (Å²) in [5.41, 5.74) is 2.22. The van der Waals surface area contributed by atoms with E-state index in [1.807, 2.05) is 43.3 Å². The first-order valence-electron chi connectivity index (χ1n) is 11.9. The monoisotopic (exact) mass is 504 g/mol. The molecule has 3 aromatic rings. The second-order valence-corrected chi connectivity index (χ2v) is 8.18. The van der Waals surface area contributed by atoms with Crippen molar-refractivity contribution in [3.63, 3.8) is 0 Å². The lowest BCUT2D eigenvalue weighted by molar-refractivity contribution is -0.261. The van der Waals surface area contributed by atoms with E-state index in [0.717, 1.165) is 29.7 Å². The molecule has 3 rings (SSSR count). The second kappa shape index (κ2) is 14.4. The van der Waals surface area contributed by atoms with Crippen molar-refractivity contribution in [2.45, 2.75) is 26.7 Å². The summed E-state index contributed by atoms with van der Waals surface area (Å²) in [4.78, 5) is 22.2. The smallest absolute Gasteiger partial charge is 0.343 e. The average Bonchev–Trinajstić information content (AvgIpc) is 2.90. The molecule has 0 saturated carbocycles. The summed E-state index contributed by atoms with van der Waals surface area (Å²) >= 11 is 0. The molecular formula is C30H32O7. The predicted molar refractivity (Wildman–Crippen MR) is 142 cm³/mol. The molecule has 0 spiro atoms. The van der Waals surface area contributed by atoms with Crippen LogP contribution in [0.2, 0.25) is 0 Å². The van der Waals surface area contributed by atoms with Crippen molar-refractivity contribution in [3.05, 3.63) is 102 Å². The third-order valence-corrected chi connectivity index (χ3v) is 5.09. The highest BCUT2D eigenvalue weighted by molar-refractivity contribution is 5.91. The van der Waals surface area contributed by atoms with Gasteiger partial charge >= 0.3 is 5.97 Å². The van der Waals surface area contributed by atoms with E-state index in [-0.39, 0.29) is 6.79 Å². The van der Waals surface area contributed by atoms with Gasteiger partial charge in [0, 0.05) is 0 Å². The standard InChI is InChI=1S/C30H32O7/c1-5-24-8-10-25(11-9-24)30(31)36-28-16-17-29(23(4)20-28)34-21-33-27-14-12-26(13-15-27)32-18-6-7-19-35-37-22(2)3/h5,8-17,20H,1-2,6-7,18-19,21H2,3-4H3. The Hall–Kier alpha value is -4.23. The minimum Gasteiger partial charge on any atom is -0.494 e. The molecule has 0 aliphatic rings. The van der Waals surface area contributed by atoms with Crippen LogP contribution >= 0.6 is 0 Å². The van der Waals surface area contributed by atoms with Crippen LogP contribution in [-0.4, -0.2) is 26.0 Å². The molecule has 194 valence electrons. The van der Waals surface area contributed by atoms with Gasteiger partial charge in [-0.1, -0.05) is 31.4 Å². The first-order valence-corrected chi connectivity index (χ1v) is 11.9. The lowest BCUT2D eigenvalue weighted by Gasteiger charge is -2.12. The van der Waals surface area contributed by atoms with Crippen molar-refractivity contribution in [2.24, 2.45) is 0 Å². The van der Waals surface area contributed by atoms with Gasteiger partial charge in [0.15, 0.2) is 0 Å². The van der Waals surface area contributed by atoms with E-state index in [1.54, 1.807) is 43.3 Å². The van der Waals surface area contributed by atoms with Crippen molar-refractivity contribution in [2.75, 3.05) is 20.0 Å². The van der Waals surface area contributed by atoms with Crippen molar-refractivity contribution in [1.82, 2.24) is 0 Å². The molecule has 0 aliphatic heterocycles. The number of aryl methyl sites for hydroxylation is 1. The van der Waals surface area contributed by atoms with Crippen LogP contribution in [0.3, 0.4) is 0 Å². The van der Waals surface area contributed by atoms with Crippen LogP contribution in [0.25, 0.3) is 6.08 Å². The van der Waals surface area contributed by atoms with Gasteiger partial charge < -0.3 is 23.8 Å². The molecule has 37 heavy (non-hydrogen) atoms. The van der Waals surface area contributed by atoms with Gasteiger partial charge in [-0.2, -0.15) is 4.89 Å². The van der Waals surface area contributed by atoms with Gasteiger partial charge in [-0.3, -0.25) is 0 Å². The van der Waals surface area contributed by atoms with E-state index >= 15 is 0 Å². The Morgan fingerprint density at radius 2 is 1.49 bits per heavy atom. The maximum Gasteiger partial charge on any atom is 0.343 e. The molecule has 0 saturated heterocycles. The summed E-state index contributed by atoms with van der Waals surface area (Å²) in [6.07, 6.45) is 3.37. The van der Waals surface area contributed by atoms with Crippen LogP contribution in [0.1, 0.15) is 41.3 Å². The first-order chi connectivity index (χ1) is 17.9. The molecule has 0 unspecified atom stereocenters. The zero-order chi connectivity index (χ0) is 26.5. The second-order valence-electron chi connectivity index (χ2n) is 8.18. The minimum atomic E-state index is -0.429. The van der Waals surface area contributed by atoms with Gasteiger partial charge in [0.25, 0.3) is 0 Å². The van der Waals surface area contributed by atoms with Gasteiger partial charge in [0.1, 0.15) is 28.8 Å². The van der Waals surface area contributed by atoms with Crippen LogP contribution in [0.15, 0.2) is 85.6 Å². The molecule has 0 heterocycles. The number of rotatable bonds is 15. The van der Waals surface area contributed by atoms with Gasteiger partial charge in [-0.05, 0) is 92.4 Å². The number of allylic oxidation sites excluding steroid dienone is 1. The zero-order valence-corrected chi connectivity index (χ0v) is 21.2. The van der Waals surface area contributed by atoms with Crippen molar-refractivity contribution in [1.29, 1.82) is 0 Å². The molecule has 3 aromatic carbocycles. The fraction of sp³-hybridized carbons (Fsp3) is 0.233. The largest absolute Gasteiger partial charge is 0.494 e. The highest BCUT2D eigenvalue weighted by atomic mass is 17.2. The number of carbonyl (C=O) groups is 1. The molecule has 0 fully saturated rings. The van der Waals surface area contributed by atoms with Crippen LogP contribution < -0.4 is 18.9 Å². The molecule has 0 amide bonds. The highest BCUT2D eigenvalue weighted by Gasteiger charge is 2.10. The molecular weight excluding hydrogens is 472 g/mol. The van der Waals surface area contributed by atoms with Crippen LogP contribution in [0.5, 0.6) is 23.0 Å². The summed E-state index contributed by atoms with van der Waals surface area (Å²) in [6, 6.07) is 19.5. The summed E-state index contributed by atoms with van der Waals surface area (Å²) in [7, 11) is 0. The molecule has 0 bridgehead atoms. The van der Waals surface area contributed by atoms with Crippen LogP contribution in [-0.2, 0) is 9.78 Å². The molecule has 0 atom stereocenters. The van der Waals surface area contributed by atoms with E-state index in [4.69, 9.17) is 28.7 Å². The Bertz CT molecular complexity index is 1170. The van der Waals surface area contributed by atoms with Crippen LogP contribution in [0, 0.1) is 6.92 Å². The summed E-state index contributed by atoms with van der Waals surface area (Å²) in [5.74, 6) is 2.58. The van der Waals surface area contributed by atoms with Crippen molar-refractivity contribution in [3.8, 4) is 23.0 Å². The fourth-order valence-corrected chi connectivity index (χ4v) is 3.16. The summed E-state index contributed by atoms with van der Waals surface area (Å²) < 4.78 is 22.6. The molecule has 7 nitrogen and oxygen atoms in total. The minimum absolute atomic E-state index is 0.0298. The quantitative estimate of drug-likeness (QED) is 0.0423. The SMILES string of the molecule is C=Cc1ccc(C(=O)Oc2ccc(OCOc3ccc(OCCCCOOC(=C)C)cc3)c(C)c2)cc1. The lowest BCUT2D eigenvalue weighted by atomic mass is 10.1. The molecule has 0 aliphatic carbocycles. The summed E-state index contributed by atoms with van der Waals surface area (Å²) in [6.45, 7) is 12.0. The number of unbranched alkanes of at least 4 members (excludes halogenated alkanes) is 1.